The van der Waals surface area contributed by atoms with Gasteiger partial charge >= 0.3 is 6.09 Å². The molecule has 2 atom stereocenters. The first kappa shape index (κ1) is 21.2. The Bertz CT molecular complexity index is 1030. The van der Waals surface area contributed by atoms with Crippen LogP contribution in [-0.2, 0) is 11.2 Å². The summed E-state index contributed by atoms with van der Waals surface area (Å²) in [4.78, 5) is 34.2. The highest BCUT2D eigenvalue weighted by Crippen LogP contribution is 2.27. The molecule has 8 heteroatoms. The Labute approximate surface area is 185 Å². The van der Waals surface area contributed by atoms with Crippen molar-refractivity contribution in [2.24, 2.45) is 0 Å². The number of nitrogens with zero attached hydrogens (tertiary/aromatic N) is 2. The maximum Gasteiger partial charge on any atom is 0.404 e. The number of imidazole rings is 1. The summed E-state index contributed by atoms with van der Waals surface area (Å²) in [5.41, 5.74) is 2.85. The van der Waals surface area contributed by atoms with E-state index >= 15 is 0 Å². The van der Waals surface area contributed by atoms with E-state index in [0.29, 0.717) is 24.5 Å². The van der Waals surface area contributed by atoms with E-state index in [9.17, 15) is 14.7 Å². The van der Waals surface area contributed by atoms with Gasteiger partial charge in [0.1, 0.15) is 5.82 Å². The number of amides is 2. The molecule has 4 rings (SSSR count). The Kier molecular flexibility index (Phi) is 6.42. The minimum Gasteiger partial charge on any atom is -0.465 e. The molecule has 1 aliphatic heterocycles. The van der Waals surface area contributed by atoms with Crippen molar-refractivity contribution in [3.05, 3.63) is 64.9 Å². The van der Waals surface area contributed by atoms with Crippen molar-refractivity contribution in [1.82, 2.24) is 20.2 Å². The normalized spacial score (nSPS) is 17.5. The smallest absolute Gasteiger partial charge is 0.404 e. The van der Waals surface area contributed by atoms with Gasteiger partial charge in [0.05, 0.1) is 11.0 Å². The fourth-order valence-corrected chi connectivity index (χ4v) is 4.31. The number of nitrogens with one attached hydrogen (secondary N) is 2. The molecular formula is C23H25ClN4O3. The molecule has 1 aromatic heterocycles. The first-order valence-corrected chi connectivity index (χ1v) is 10.8. The van der Waals surface area contributed by atoms with Crippen molar-refractivity contribution in [3.8, 4) is 0 Å². The highest BCUT2D eigenvalue weighted by atomic mass is 35.5. The lowest BCUT2D eigenvalue weighted by atomic mass is 9.96. The molecule has 1 fully saturated rings. The van der Waals surface area contributed by atoms with Gasteiger partial charge in [0.15, 0.2) is 0 Å². The number of piperidine rings is 1. The van der Waals surface area contributed by atoms with Crippen LogP contribution in [0.5, 0.6) is 0 Å². The number of halogens is 1. The van der Waals surface area contributed by atoms with Gasteiger partial charge in [0.2, 0.25) is 5.91 Å². The molecule has 2 amide bonds. The summed E-state index contributed by atoms with van der Waals surface area (Å²) >= 11 is 5.93. The van der Waals surface area contributed by atoms with Gasteiger partial charge in [-0.1, -0.05) is 35.9 Å². The van der Waals surface area contributed by atoms with Crippen molar-refractivity contribution in [2.75, 3.05) is 13.1 Å². The summed E-state index contributed by atoms with van der Waals surface area (Å²) in [6.07, 6.45) is 1.26. The molecule has 162 valence electrons. The van der Waals surface area contributed by atoms with Gasteiger partial charge in [-0.2, -0.15) is 0 Å². The number of carboxylic acid groups (broad SMARTS) is 1. The van der Waals surface area contributed by atoms with Crippen LogP contribution in [0.1, 0.15) is 36.6 Å². The quantitative estimate of drug-likeness (QED) is 0.535. The van der Waals surface area contributed by atoms with Crippen LogP contribution in [0.3, 0.4) is 0 Å². The number of carbonyl (C=O) groups is 2. The number of aromatic nitrogens is 2. The van der Waals surface area contributed by atoms with Crippen LogP contribution in [0.25, 0.3) is 11.0 Å². The van der Waals surface area contributed by atoms with Crippen molar-refractivity contribution in [1.29, 1.82) is 0 Å². The zero-order valence-electron chi connectivity index (χ0n) is 17.1. The molecule has 2 aromatic carbocycles. The number of benzene rings is 2. The summed E-state index contributed by atoms with van der Waals surface area (Å²) in [5.74, 6) is 1.00. The van der Waals surface area contributed by atoms with Gasteiger partial charge in [0, 0.05) is 36.5 Å². The molecule has 0 radical (unpaired) electrons. The van der Waals surface area contributed by atoms with Crippen molar-refractivity contribution in [2.45, 2.75) is 37.6 Å². The largest absolute Gasteiger partial charge is 0.465 e. The number of hydrogen-bond acceptors (Lipinski definition) is 3. The molecule has 31 heavy (non-hydrogen) atoms. The monoisotopic (exact) mass is 440 g/mol. The minimum atomic E-state index is -1.13. The van der Waals surface area contributed by atoms with Crippen molar-refractivity contribution in [3.63, 3.8) is 0 Å². The lowest BCUT2D eigenvalue weighted by Crippen LogP contribution is -2.44. The molecule has 3 N–H and O–H groups in total. The van der Waals surface area contributed by atoms with E-state index in [4.69, 9.17) is 16.6 Å². The number of hydrogen-bond donors (Lipinski definition) is 3. The predicted molar refractivity (Wildman–Crippen MR) is 119 cm³/mol. The maximum absolute atomic E-state index is 13.0. The number of fused-ring (bicyclic) bond motifs is 1. The van der Waals surface area contributed by atoms with E-state index in [2.05, 4.69) is 10.3 Å². The zero-order valence-corrected chi connectivity index (χ0v) is 17.8. The molecular weight excluding hydrogens is 416 g/mol. The Hall–Kier alpha value is -3.06. The van der Waals surface area contributed by atoms with Crippen molar-refractivity contribution >= 4 is 34.6 Å². The lowest BCUT2D eigenvalue weighted by Gasteiger charge is -2.33. The molecule has 0 bridgehead atoms. The molecule has 3 aromatic rings. The fraction of sp³-hybridized carbons (Fsp3) is 0.348. The Balaban J connectivity index is 1.42. The number of rotatable bonds is 6. The molecule has 0 spiro atoms. The summed E-state index contributed by atoms with van der Waals surface area (Å²) in [6, 6.07) is 14.6. The lowest BCUT2D eigenvalue weighted by molar-refractivity contribution is -0.132. The van der Waals surface area contributed by atoms with Crippen LogP contribution in [0, 0.1) is 0 Å². The van der Waals surface area contributed by atoms with Gasteiger partial charge in [-0.3, -0.25) is 4.79 Å². The molecule has 1 aliphatic rings. The Morgan fingerprint density at radius 1 is 1.23 bits per heavy atom. The SMILES string of the molecule is O=C(O)N[C@@H](CC(=O)N1CCCC(c2nc3ccccc3[nH]2)C1)Cc1ccc(Cl)cc1. The highest BCUT2D eigenvalue weighted by Gasteiger charge is 2.28. The fourth-order valence-electron chi connectivity index (χ4n) is 4.19. The molecule has 7 nitrogen and oxygen atoms in total. The van der Waals surface area contributed by atoms with E-state index in [1.165, 1.54) is 0 Å². The number of para-hydroxylation sites is 2. The average Bonchev–Trinajstić information content (AvgIpc) is 3.19. The number of carbonyl (C=O) groups excluding carboxylic acids is 1. The van der Waals surface area contributed by atoms with Crippen LogP contribution >= 0.6 is 11.6 Å². The summed E-state index contributed by atoms with van der Waals surface area (Å²) in [7, 11) is 0. The number of likely N-dealkylation sites (tertiary alicyclic amines) is 1. The molecule has 1 saturated heterocycles. The predicted octanol–water partition coefficient (Wildman–Crippen LogP) is 4.19. The summed E-state index contributed by atoms with van der Waals surface area (Å²) in [6.45, 7) is 1.26. The van der Waals surface area contributed by atoms with Crippen LogP contribution in [-0.4, -0.2) is 51.1 Å². The van der Waals surface area contributed by atoms with E-state index in [0.717, 1.165) is 35.3 Å². The second-order valence-electron chi connectivity index (χ2n) is 8.00. The highest BCUT2D eigenvalue weighted by molar-refractivity contribution is 6.30. The molecule has 0 saturated carbocycles. The van der Waals surface area contributed by atoms with E-state index in [1.807, 2.05) is 41.3 Å². The third-order valence-electron chi connectivity index (χ3n) is 5.71. The van der Waals surface area contributed by atoms with E-state index in [1.54, 1.807) is 12.1 Å². The van der Waals surface area contributed by atoms with Crippen LogP contribution in [0.15, 0.2) is 48.5 Å². The van der Waals surface area contributed by atoms with Crippen molar-refractivity contribution < 1.29 is 14.7 Å². The summed E-state index contributed by atoms with van der Waals surface area (Å²) in [5, 5.41) is 12.3. The number of H-pyrrole nitrogens is 1. The second kappa shape index (κ2) is 9.39. The van der Waals surface area contributed by atoms with Crippen LogP contribution in [0.2, 0.25) is 5.02 Å². The third kappa shape index (κ3) is 5.35. The molecule has 0 aliphatic carbocycles. The average molecular weight is 441 g/mol. The molecule has 1 unspecified atom stereocenters. The zero-order chi connectivity index (χ0) is 21.8. The third-order valence-corrected chi connectivity index (χ3v) is 5.96. The first-order chi connectivity index (χ1) is 15.0. The Morgan fingerprint density at radius 2 is 2.00 bits per heavy atom. The first-order valence-electron chi connectivity index (χ1n) is 10.4. The van der Waals surface area contributed by atoms with E-state index in [-0.39, 0.29) is 18.2 Å². The molecule has 2 heterocycles. The summed E-state index contributed by atoms with van der Waals surface area (Å²) < 4.78 is 0. The topological polar surface area (TPSA) is 98.3 Å². The van der Waals surface area contributed by atoms with E-state index < -0.39 is 12.1 Å². The van der Waals surface area contributed by atoms with Crippen LogP contribution < -0.4 is 5.32 Å². The van der Waals surface area contributed by atoms with Gasteiger partial charge in [-0.25, -0.2) is 9.78 Å². The maximum atomic E-state index is 13.0. The number of aromatic amines is 1. The Morgan fingerprint density at radius 3 is 2.74 bits per heavy atom. The minimum absolute atomic E-state index is 0.0477. The van der Waals surface area contributed by atoms with Gasteiger partial charge in [0.25, 0.3) is 0 Å². The van der Waals surface area contributed by atoms with Gasteiger partial charge in [-0.05, 0) is 49.1 Å². The van der Waals surface area contributed by atoms with Crippen LogP contribution in [0.4, 0.5) is 4.79 Å². The van der Waals surface area contributed by atoms with Gasteiger partial charge < -0.3 is 20.3 Å². The standard InChI is InChI=1S/C23H25ClN4O3/c24-17-9-7-15(8-10-17)12-18(25-23(30)31)13-21(29)28-11-3-4-16(14-28)22-26-19-5-1-2-6-20(19)27-22/h1-2,5-10,16,18,25H,3-4,11-14H2,(H,26,27)(H,30,31)/t16?,18-/m1/s1. The van der Waals surface area contributed by atoms with Gasteiger partial charge in [-0.15, -0.1) is 0 Å². The second-order valence-corrected chi connectivity index (χ2v) is 8.44.